The molecule has 1 saturated heterocycles. The molecule has 4 aromatic rings. The highest BCUT2D eigenvalue weighted by molar-refractivity contribution is 7.80. The van der Waals surface area contributed by atoms with Crippen LogP contribution in [0.1, 0.15) is 23.5 Å². The number of thiocarbonyl (C=S) groups is 1. The van der Waals surface area contributed by atoms with E-state index in [1.807, 2.05) is 35.2 Å². The van der Waals surface area contributed by atoms with Crippen LogP contribution in [0.4, 0.5) is 11.4 Å². The SMILES string of the molecule is COCCOc1ccc(N2C(=S)N[C@H](c3ccccn3)[C@H]2c2ccc(-c3cccc([N+](=O)[O-])c3)o2)cc1Cl. The van der Waals surface area contributed by atoms with Gasteiger partial charge in [-0.05, 0) is 54.7 Å². The van der Waals surface area contributed by atoms with Crippen molar-refractivity contribution >= 4 is 40.3 Å². The lowest BCUT2D eigenvalue weighted by Gasteiger charge is -2.26. The molecule has 194 valence electrons. The fraction of sp³-hybridized carbons (Fsp3) is 0.185. The van der Waals surface area contributed by atoms with E-state index in [-0.39, 0.29) is 11.7 Å². The Labute approximate surface area is 229 Å². The summed E-state index contributed by atoms with van der Waals surface area (Å²) in [5.41, 5.74) is 2.10. The van der Waals surface area contributed by atoms with Gasteiger partial charge in [0, 0.05) is 36.7 Å². The van der Waals surface area contributed by atoms with Crippen LogP contribution in [-0.4, -0.2) is 35.3 Å². The summed E-state index contributed by atoms with van der Waals surface area (Å²) in [6.45, 7) is 0.813. The van der Waals surface area contributed by atoms with Crippen LogP contribution in [0.25, 0.3) is 11.3 Å². The maximum atomic E-state index is 11.3. The van der Waals surface area contributed by atoms with Crippen molar-refractivity contribution in [3.63, 3.8) is 0 Å². The number of furan rings is 1. The molecule has 1 aliphatic heterocycles. The van der Waals surface area contributed by atoms with E-state index in [1.165, 1.54) is 12.1 Å². The summed E-state index contributed by atoms with van der Waals surface area (Å²) in [7, 11) is 1.60. The van der Waals surface area contributed by atoms with Crippen molar-refractivity contribution in [3.8, 4) is 17.1 Å². The summed E-state index contributed by atoms with van der Waals surface area (Å²) in [5.74, 6) is 1.64. The van der Waals surface area contributed by atoms with E-state index in [9.17, 15) is 10.1 Å². The number of benzene rings is 2. The number of hydrogen-bond donors (Lipinski definition) is 1. The van der Waals surface area contributed by atoms with Gasteiger partial charge in [0.2, 0.25) is 0 Å². The molecule has 2 aromatic carbocycles. The zero-order valence-electron chi connectivity index (χ0n) is 20.2. The summed E-state index contributed by atoms with van der Waals surface area (Å²) in [5, 5.41) is 15.5. The summed E-state index contributed by atoms with van der Waals surface area (Å²) in [4.78, 5) is 17.3. The van der Waals surface area contributed by atoms with Gasteiger partial charge in [0.1, 0.15) is 29.9 Å². The molecule has 1 fully saturated rings. The summed E-state index contributed by atoms with van der Waals surface area (Å²) < 4.78 is 17.0. The fourth-order valence-electron chi connectivity index (χ4n) is 4.35. The molecule has 11 heteroatoms. The van der Waals surface area contributed by atoms with E-state index in [0.717, 1.165) is 11.4 Å². The van der Waals surface area contributed by atoms with Crippen molar-refractivity contribution in [1.29, 1.82) is 0 Å². The minimum Gasteiger partial charge on any atom is -0.490 e. The van der Waals surface area contributed by atoms with Crippen molar-refractivity contribution in [2.24, 2.45) is 0 Å². The maximum Gasteiger partial charge on any atom is 0.270 e. The third-order valence-corrected chi connectivity index (χ3v) is 6.71. The van der Waals surface area contributed by atoms with E-state index in [4.69, 9.17) is 37.7 Å². The second-order valence-electron chi connectivity index (χ2n) is 8.46. The average molecular weight is 551 g/mol. The zero-order valence-corrected chi connectivity index (χ0v) is 21.8. The number of nitro groups is 1. The van der Waals surface area contributed by atoms with Crippen molar-refractivity contribution in [1.82, 2.24) is 10.3 Å². The van der Waals surface area contributed by atoms with Gasteiger partial charge in [-0.1, -0.05) is 29.8 Å². The molecule has 0 amide bonds. The summed E-state index contributed by atoms with van der Waals surface area (Å²) >= 11 is 12.3. The Morgan fingerprint density at radius 3 is 2.74 bits per heavy atom. The largest absolute Gasteiger partial charge is 0.490 e. The van der Waals surface area contributed by atoms with Crippen molar-refractivity contribution in [2.45, 2.75) is 12.1 Å². The molecule has 2 atom stereocenters. The monoisotopic (exact) mass is 550 g/mol. The Morgan fingerprint density at radius 2 is 2.00 bits per heavy atom. The molecule has 3 heterocycles. The topological polar surface area (TPSA) is 103 Å². The van der Waals surface area contributed by atoms with Crippen LogP contribution in [0.5, 0.6) is 5.75 Å². The van der Waals surface area contributed by atoms with E-state index in [1.54, 1.807) is 43.6 Å². The highest BCUT2D eigenvalue weighted by atomic mass is 35.5. The van der Waals surface area contributed by atoms with Gasteiger partial charge in [-0.2, -0.15) is 0 Å². The van der Waals surface area contributed by atoms with E-state index < -0.39 is 11.0 Å². The minimum absolute atomic E-state index is 0.0143. The summed E-state index contributed by atoms with van der Waals surface area (Å²) in [6, 6.07) is 20.3. The normalized spacial score (nSPS) is 16.9. The first-order valence-corrected chi connectivity index (χ1v) is 12.5. The number of pyridine rings is 1. The van der Waals surface area contributed by atoms with Crippen molar-refractivity contribution in [2.75, 3.05) is 25.2 Å². The lowest BCUT2D eigenvalue weighted by Crippen LogP contribution is -2.29. The third kappa shape index (κ3) is 5.19. The zero-order chi connectivity index (χ0) is 26.6. The number of methoxy groups -OCH3 is 1. The molecular formula is C27H23ClN4O5S. The second kappa shape index (κ2) is 11.2. The second-order valence-corrected chi connectivity index (χ2v) is 9.26. The van der Waals surface area contributed by atoms with E-state index in [2.05, 4.69) is 10.3 Å². The first-order valence-electron chi connectivity index (χ1n) is 11.7. The van der Waals surface area contributed by atoms with Crippen molar-refractivity contribution in [3.05, 3.63) is 106 Å². The molecule has 5 rings (SSSR count). The molecular weight excluding hydrogens is 528 g/mol. The van der Waals surface area contributed by atoms with Crippen LogP contribution in [0.15, 0.2) is 83.4 Å². The van der Waals surface area contributed by atoms with Gasteiger partial charge in [-0.3, -0.25) is 15.1 Å². The van der Waals surface area contributed by atoms with Gasteiger partial charge in [-0.25, -0.2) is 0 Å². The highest BCUT2D eigenvalue weighted by Crippen LogP contribution is 2.44. The minimum atomic E-state index is -0.433. The number of hydrogen-bond acceptors (Lipinski definition) is 7. The van der Waals surface area contributed by atoms with Crippen LogP contribution < -0.4 is 15.0 Å². The number of nitrogens with zero attached hydrogens (tertiary/aromatic N) is 3. The number of ether oxygens (including phenoxy) is 2. The van der Waals surface area contributed by atoms with Gasteiger partial charge >= 0.3 is 0 Å². The predicted molar refractivity (Wildman–Crippen MR) is 148 cm³/mol. The van der Waals surface area contributed by atoms with Gasteiger partial charge < -0.3 is 24.1 Å². The van der Waals surface area contributed by atoms with Crippen LogP contribution in [0.2, 0.25) is 5.02 Å². The Hall–Kier alpha value is -3.99. The molecule has 0 saturated carbocycles. The van der Waals surface area contributed by atoms with E-state index >= 15 is 0 Å². The van der Waals surface area contributed by atoms with Crippen LogP contribution in [-0.2, 0) is 4.74 Å². The number of nitrogens with one attached hydrogen (secondary N) is 1. The number of aromatic nitrogens is 1. The Bertz CT molecular complexity index is 1460. The van der Waals surface area contributed by atoms with Gasteiger partial charge in [0.05, 0.1) is 28.3 Å². The molecule has 38 heavy (non-hydrogen) atoms. The fourth-order valence-corrected chi connectivity index (χ4v) is 4.93. The predicted octanol–water partition coefficient (Wildman–Crippen LogP) is 6.11. The molecule has 9 nitrogen and oxygen atoms in total. The molecule has 0 spiro atoms. The standard InChI is InChI=1S/C27H23ClN4O5S/c1-35-13-14-36-23-9-8-18(16-20(23)28)31-26(25(30-27(31)38)21-7-2-3-12-29-21)24-11-10-22(37-24)17-5-4-6-19(15-17)32(33)34/h2-12,15-16,25-26H,13-14H2,1H3,(H,30,38)/t25-,26-/m1/s1. The number of halogens is 1. The van der Waals surface area contributed by atoms with Gasteiger partial charge in [-0.15, -0.1) is 0 Å². The molecule has 0 bridgehead atoms. The smallest absolute Gasteiger partial charge is 0.270 e. The lowest BCUT2D eigenvalue weighted by molar-refractivity contribution is -0.384. The molecule has 1 aliphatic rings. The Morgan fingerprint density at radius 1 is 1.13 bits per heavy atom. The molecule has 0 aliphatic carbocycles. The Balaban J connectivity index is 1.53. The van der Waals surface area contributed by atoms with Crippen LogP contribution in [0, 0.1) is 10.1 Å². The Kier molecular flexibility index (Phi) is 7.54. The number of anilines is 1. The summed E-state index contributed by atoms with van der Waals surface area (Å²) in [6.07, 6.45) is 1.72. The first kappa shape index (κ1) is 25.7. The average Bonchev–Trinajstić information content (AvgIpc) is 3.55. The first-order chi connectivity index (χ1) is 18.5. The van der Waals surface area contributed by atoms with Gasteiger partial charge in [0.15, 0.2) is 5.11 Å². The molecule has 1 N–H and O–H groups in total. The molecule has 0 radical (unpaired) electrons. The van der Waals surface area contributed by atoms with Crippen molar-refractivity contribution < 1.29 is 18.8 Å². The maximum absolute atomic E-state index is 11.3. The third-order valence-electron chi connectivity index (χ3n) is 6.10. The molecule has 2 aromatic heterocycles. The van der Waals surface area contributed by atoms with Crippen LogP contribution >= 0.6 is 23.8 Å². The number of rotatable bonds is 9. The number of non-ortho nitro benzene ring substituents is 1. The van der Waals surface area contributed by atoms with E-state index in [0.29, 0.717) is 46.2 Å². The quantitative estimate of drug-likeness (QED) is 0.114. The number of nitro benzene ring substituents is 1. The lowest BCUT2D eigenvalue weighted by atomic mass is 10.0. The highest BCUT2D eigenvalue weighted by Gasteiger charge is 2.42. The van der Waals surface area contributed by atoms with Crippen LogP contribution in [0.3, 0.4) is 0 Å². The molecule has 0 unspecified atom stereocenters. The van der Waals surface area contributed by atoms with Gasteiger partial charge in [0.25, 0.3) is 5.69 Å².